The van der Waals surface area contributed by atoms with Crippen LogP contribution >= 0.6 is 11.3 Å². The molecule has 152 valence electrons. The van der Waals surface area contributed by atoms with Crippen LogP contribution in [0.5, 0.6) is 0 Å². The molecule has 0 spiro atoms. The third-order valence-corrected chi connectivity index (χ3v) is 5.84. The fourth-order valence-electron chi connectivity index (χ4n) is 3.01. The van der Waals surface area contributed by atoms with Gasteiger partial charge in [-0.3, -0.25) is 9.59 Å². The van der Waals surface area contributed by atoms with Crippen LogP contribution in [0.4, 0.5) is 0 Å². The lowest BCUT2D eigenvalue weighted by Gasteiger charge is -2.07. The number of aromatic nitrogens is 3. The predicted octanol–water partition coefficient (Wildman–Crippen LogP) is 3.56. The Balaban J connectivity index is 1.44. The molecule has 3 heterocycles. The molecule has 0 bridgehead atoms. The van der Waals surface area contributed by atoms with E-state index in [2.05, 4.69) is 28.4 Å². The Bertz CT molecular complexity index is 1240. The molecular weight excluding hydrogens is 400 g/mol. The van der Waals surface area contributed by atoms with E-state index in [1.807, 2.05) is 25.1 Å². The molecular formula is C22H20N4O3S. The molecule has 0 unspecified atom stereocenters. The molecule has 0 saturated heterocycles. The van der Waals surface area contributed by atoms with Crippen molar-refractivity contribution in [1.82, 2.24) is 20.1 Å². The van der Waals surface area contributed by atoms with Gasteiger partial charge in [-0.15, -0.1) is 11.3 Å². The lowest BCUT2D eigenvalue weighted by atomic mass is 10.1. The van der Waals surface area contributed by atoms with Crippen LogP contribution in [0.2, 0.25) is 0 Å². The zero-order valence-electron chi connectivity index (χ0n) is 16.6. The van der Waals surface area contributed by atoms with E-state index in [4.69, 9.17) is 4.42 Å². The quantitative estimate of drug-likeness (QED) is 0.515. The van der Waals surface area contributed by atoms with Gasteiger partial charge in [0.2, 0.25) is 5.91 Å². The van der Waals surface area contributed by atoms with Crippen molar-refractivity contribution < 1.29 is 9.21 Å². The summed E-state index contributed by atoms with van der Waals surface area (Å²) in [5.41, 5.74) is 3.27. The van der Waals surface area contributed by atoms with Crippen LogP contribution in [-0.2, 0) is 17.9 Å². The topological polar surface area (TPSA) is 90.0 Å². The molecule has 0 radical (unpaired) electrons. The van der Waals surface area contributed by atoms with Crippen molar-refractivity contribution in [2.24, 2.45) is 0 Å². The van der Waals surface area contributed by atoms with Crippen LogP contribution in [0.25, 0.3) is 22.0 Å². The molecule has 0 fully saturated rings. The van der Waals surface area contributed by atoms with E-state index in [-0.39, 0.29) is 18.0 Å². The average molecular weight is 420 g/mol. The summed E-state index contributed by atoms with van der Waals surface area (Å²) in [6.07, 6.45) is 1.53. The zero-order valence-corrected chi connectivity index (χ0v) is 17.4. The monoisotopic (exact) mass is 420 g/mol. The molecule has 0 aliphatic carbocycles. The molecule has 4 aromatic rings. The van der Waals surface area contributed by atoms with Gasteiger partial charge in [0.1, 0.15) is 17.2 Å². The largest absolute Gasteiger partial charge is 0.463 e. The van der Waals surface area contributed by atoms with Gasteiger partial charge in [0.05, 0.1) is 18.5 Å². The Morgan fingerprint density at radius 1 is 1.13 bits per heavy atom. The maximum absolute atomic E-state index is 12.4. The molecule has 3 aromatic heterocycles. The third kappa shape index (κ3) is 4.23. The highest BCUT2D eigenvalue weighted by atomic mass is 32.1. The number of aryl methyl sites for hydroxylation is 2. The highest BCUT2D eigenvalue weighted by Gasteiger charge is 2.13. The second-order valence-electron chi connectivity index (χ2n) is 6.81. The summed E-state index contributed by atoms with van der Waals surface area (Å²) in [4.78, 5) is 30.1. The number of nitrogens with one attached hydrogen (secondary N) is 1. The minimum Gasteiger partial charge on any atom is -0.463 e. The van der Waals surface area contributed by atoms with Crippen molar-refractivity contribution in [3.8, 4) is 22.0 Å². The summed E-state index contributed by atoms with van der Waals surface area (Å²) in [7, 11) is 0. The molecule has 8 heteroatoms. The van der Waals surface area contributed by atoms with Gasteiger partial charge in [-0.1, -0.05) is 24.3 Å². The third-order valence-electron chi connectivity index (χ3n) is 4.65. The van der Waals surface area contributed by atoms with E-state index in [9.17, 15) is 9.59 Å². The van der Waals surface area contributed by atoms with Crippen molar-refractivity contribution in [2.45, 2.75) is 26.9 Å². The van der Waals surface area contributed by atoms with Gasteiger partial charge in [0.15, 0.2) is 5.76 Å². The Morgan fingerprint density at radius 2 is 1.97 bits per heavy atom. The number of amides is 1. The first-order valence-corrected chi connectivity index (χ1v) is 10.2. The maximum Gasteiger partial charge on any atom is 0.267 e. The number of carbonyl (C=O) groups excluding carboxylic acids is 1. The summed E-state index contributed by atoms with van der Waals surface area (Å²) >= 11 is 1.56. The first-order chi connectivity index (χ1) is 14.5. The summed E-state index contributed by atoms with van der Waals surface area (Å²) in [6.45, 7) is 4.16. The number of rotatable bonds is 6. The van der Waals surface area contributed by atoms with Crippen molar-refractivity contribution >= 4 is 17.2 Å². The highest BCUT2D eigenvalue weighted by molar-refractivity contribution is 7.15. The van der Waals surface area contributed by atoms with E-state index in [0.717, 1.165) is 31.4 Å². The predicted molar refractivity (Wildman–Crippen MR) is 115 cm³/mol. The summed E-state index contributed by atoms with van der Waals surface area (Å²) in [5, 5.41) is 8.01. The first kappa shape index (κ1) is 19.8. The Kier molecular flexibility index (Phi) is 5.58. The zero-order chi connectivity index (χ0) is 21.1. The molecule has 0 aliphatic rings. The lowest BCUT2D eigenvalue weighted by Crippen LogP contribution is -2.33. The van der Waals surface area contributed by atoms with Gasteiger partial charge in [-0.2, -0.15) is 5.10 Å². The van der Waals surface area contributed by atoms with Crippen LogP contribution in [0, 0.1) is 13.8 Å². The number of thiazole rings is 1. The molecule has 1 aromatic carbocycles. The van der Waals surface area contributed by atoms with Gasteiger partial charge < -0.3 is 9.73 Å². The fourth-order valence-corrected chi connectivity index (χ4v) is 4.10. The van der Waals surface area contributed by atoms with Crippen LogP contribution < -0.4 is 10.9 Å². The van der Waals surface area contributed by atoms with Crippen molar-refractivity contribution in [1.29, 1.82) is 0 Å². The second kappa shape index (κ2) is 8.46. The summed E-state index contributed by atoms with van der Waals surface area (Å²) in [5.74, 6) is 0.236. The van der Waals surface area contributed by atoms with Gasteiger partial charge in [-0.25, -0.2) is 9.67 Å². The molecule has 1 N–H and O–H groups in total. The first-order valence-electron chi connectivity index (χ1n) is 9.42. The minimum atomic E-state index is -0.351. The van der Waals surface area contributed by atoms with Gasteiger partial charge in [0.25, 0.3) is 5.56 Å². The molecule has 7 nitrogen and oxygen atoms in total. The highest BCUT2D eigenvalue weighted by Crippen LogP contribution is 2.29. The summed E-state index contributed by atoms with van der Waals surface area (Å²) < 4.78 is 6.43. The van der Waals surface area contributed by atoms with E-state index < -0.39 is 0 Å². The molecule has 4 rings (SSSR count). The van der Waals surface area contributed by atoms with Gasteiger partial charge in [0, 0.05) is 16.5 Å². The van der Waals surface area contributed by atoms with Crippen LogP contribution in [0.3, 0.4) is 0 Å². The molecule has 30 heavy (non-hydrogen) atoms. The van der Waals surface area contributed by atoms with Gasteiger partial charge in [-0.05, 0) is 37.6 Å². The Labute approximate surface area is 177 Å². The number of hydrogen-bond donors (Lipinski definition) is 1. The lowest BCUT2D eigenvalue weighted by molar-refractivity contribution is -0.122. The smallest absolute Gasteiger partial charge is 0.267 e. The van der Waals surface area contributed by atoms with E-state index in [1.165, 1.54) is 12.3 Å². The molecule has 0 aliphatic heterocycles. The Hall–Kier alpha value is -3.52. The maximum atomic E-state index is 12.4. The normalized spacial score (nSPS) is 10.9. The van der Waals surface area contributed by atoms with Crippen molar-refractivity contribution in [2.75, 3.05) is 0 Å². The fraction of sp³-hybridized carbons (Fsp3) is 0.182. The van der Waals surface area contributed by atoms with E-state index >= 15 is 0 Å². The van der Waals surface area contributed by atoms with Crippen LogP contribution in [0.15, 0.2) is 64.0 Å². The summed E-state index contributed by atoms with van der Waals surface area (Å²) in [6, 6.07) is 14.5. The number of furan rings is 1. The average Bonchev–Trinajstić information content (AvgIpc) is 3.39. The second-order valence-corrected chi connectivity index (χ2v) is 7.89. The number of nitrogens with zero attached hydrogens (tertiary/aromatic N) is 3. The van der Waals surface area contributed by atoms with Crippen molar-refractivity contribution in [3.05, 3.63) is 81.3 Å². The van der Waals surface area contributed by atoms with Crippen LogP contribution in [-0.4, -0.2) is 20.7 Å². The standard InChI is InChI=1S/C22H20N4O3S/c1-14-6-3-4-7-16(14)22-24-15(2)19(30-22)12-23-20(27)13-26-21(28)10-9-17(25-26)18-8-5-11-29-18/h3-11H,12-13H2,1-2H3,(H,23,27). The molecule has 1 amide bonds. The van der Waals surface area contributed by atoms with Gasteiger partial charge >= 0.3 is 0 Å². The van der Waals surface area contributed by atoms with E-state index in [0.29, 0.717) is 18.0 Å². The molecule has 0 saturated carbocycles. The number of hydrogen-bond acceptors (Lipinski definition) is 6. The van der Waals surface area contributed by atoms with Crippen LogP contribution in [0.1, 0.15) is 16.1 Å². The van der Waals surface area contributed by atoms with Crippen molar-refractivity contribution in [3.63, 3.8) is 0 Å². The SMILES string of the molecule is Cc1ccccc1-c1nc(C)c(CNC(=O)Cn2nc(-c3ccco3)ccc2=O)s1. The van der Waals surface area contributed by atoms with E-state index in [1.54, 1.807) is 29.5 Å². The Morgan fingerprint density at radius 3 is 2.73 bits per heavy atom. The number of benzene rings is 1. The number of carbonyl (C=O) groups is 1. The molecule has 0 atom stereocenters. The minimum absolute atomic E-state index is 0.171.